The molecule has 0 bridgehead atoms. The molecule has 3 heteroatoms. The fraction of sp³-hybridized carbons (Fsp3) is 0.864. The molecule has 4 rings (SSSR count). The van der Waals surface area contributed by atoms with Gasteiger partial charge in [-0.3, -0.25) is 4.79 Å². The van der Waals surface area contributed by atoms with Gasteiger partial charge in [0.05, 0.1) is 6.10 Å². The van der Waals surface area contributed by atoms with Gasteiger partial charge in [-0.25, -0.2) is 0 Å². The lowest BCUT2D eigenvalue weighted by Crippen LogP contribution is -2.53. The van der Waals surface area contributed by atoms with Gasteiger partial charge in [-0.15, -0.1) is 0 Å². The summed E-state index contributed by atoms with van der Waals surface area (Å²) in [4.78, 5) is 11.7. The van der Waals surface area contributed by atoms with Crippen LogP contribution in [0.25, 0.3) is 0 Å². The first-order valence-electron chi connectivity index (χ1n) is 10.3. The van der Waals surface area contributed by atoms with E-state index >= 15 is 0 Å². The van der Waals surface area contributed by atoms with E-state index in [9.17, 15) is 9.90 Å². The van der Waals surface area contributed by atoms with Crippen LogP contribution in [0.1, 0.15) is 79.1 Å². The summed E-state index contributed by atoms with van der Waals surface area (Å²) in [7, 11) is 1.00. The number of rotatable bonds is 0. The summed E-state index contributed by atoms with van der Waals surface area (Å²) in [6.07, 6.45) is 10.7. The Kier molecular flexibility index (Phi) is 6.54. The summed E-state index contributed by atoms with van der Waals surface area (Å²) in [6, 6.07) is 0. The predicted molar refractivity (Wildman–Crippen MR) is 102 cm³/mol. The molecule has 0 aliphatic heterocycles. The monoisotopic (exact) mass is 350 g/mol. The van der Waals surface area contributed by atoms with E-state index in [0.29, 0.717) is 17.1 Å². The lowest BCUT2D eigenvalue weighted by Gasteiger charge is -2.59. The van der Waals surface area contributed by atoms with Crippen LogP contribution in [0.5, 0.6) is 0 Å². The fourth-order valence-corrected chi connectivity index (χ4v) is 6.57. The Morgan fingerprint density at radius 3 is 2.28 bits per heavy atom. The Morgan fingerprint density at radius 2 is 1.60 bits per heavy atom. The van der Waals surface area contributed by atoms with Crippen molar-refractivity contribution in [3.63, 3.8) is 0 Å². The molecule has 3 fully saturated rings. The van der Waals surface area contributed by atoms with Gasteiger partial charge in [0, 0.05) is 13.5 Å². The third-order valence-electron chi connectivity index (χ3n) is 8.09. The molecule has 0 spiro atoms. The molecule has 0 amide bonds. The third-order valence-corrected chi connectivity index (χ3v) is 8.09. The molecule has 0 heterocycles. The van der Waals surface area contributed by atoms with E-state index in [1.54, 1.807) is 0 Å². The number of aliphatic hydroxyl groups excluding tert-OH is 2. The Balaban J connectivity index is 0.000000528. The van der Waals surface area contributed by atoms with Crippen LogP contribution in [0.15, 0.2) is 11.6 Å². The summed E-state index contributed by atoms with van der Waals surface area (Å²) >= 11 is 0. The van der Waals surface area contributed by atoms with E-state index in [0.717, 1.165) is 44.6 Å². The van der Waals surface area contributed by atoms with Gasteiger partial charge < -0.3 is 10.2 Å². The second-order valence-corrected chi connectivity index (χ2v) is 8.57. The van der Waals surface area contributed by atoms with E-state index in [2.05, 4.69) is 13.8 Å². The second-order valence-electron chi connectivity index (χ2n) is 8.57. The number of carbonyl (C=O) groups is 1. The van der Waals surface area contributed by atoms with Gasteiger partial charge >= 0.3 is 0 Å². The van der Waals surface area contributed by atoms with Crippen molar-refractivity contribution < 1.29 is 15.0 Å². The van der Waals surface area contributed by atoms with Crippen molar-refractivity contribution in [2.24, 2.45) is 28.6 Å². The number of fused-ring (bicyclic) bond motifs is 5. The molecular formula is C22H38O3. The number of ketones is 1. The zero-order chi connectivity index (χ0) is 18.8. The zero-order valence-corrected chi connectivity index (χ0v) is 16.8. The van der Waals surface area contributed by atoms with Crippen LogP contribution < -0.4 is 0 Å². The maximum atomic E-state index is 11.7. The zero-order valence-electron chi connectivity index (χ0n) is 16.8. The Morgan fingerprint density at radius 1 is 0.960 bits per heavy atom. The maximum absolute atomic E-state index is 11.7. The minimum Gasteiger partial charge on any atom is -0.400 e. The van der Waals surface area contributed by atoms with Gasteiger partial charge in [0.25, 0.3) is 0 Å². The summed E-state index contributed by atoms with van der Waals surface area (Å²) in [5.74, 6) is 2.54. The van der Waals surface area contributed by atoms with Crippen LogP contribution in [-0.2, 0) is 4.79 Å². The lowest BCUT2D eigenvalue weighted by atomic mass is 9.46. The van der Waals surface area contributed by atoms with Crippen LogP contribution >= 0.6 is 0 Å². The van der Waals surface area contributed by atoms with Crippen LogP contribution in [0.3, 0.4) is 0 Å². The van der Waals surface area contributed by atoms with Crippen molar-refractivity contribution in [2.45, 2.75) is 85.2 Å². The average Bonchev–Trinajstić information content (AvgIpc) is 2.89. The highest BCUT2D eigenvalue weighted by molar-refractivity contribution is 5.91. The highest BCUT2D eigenvalue weighted by Gasteiger charge is 2.62. The summed E-state index contributed by atoms with van der Waals surface area (Å²) < 4.78 is 0. The van der Waals surface area contributed by atoms with Crippen molar-refractivity contribution >= 4 is 5.78 Å². The standard InChI is InChI=1S/C19H28O2.C2H6.CH4O/c1-18-10-8-17(21)19(18,2)9-7-15-14-5-4-13(20)11-12(14)3-6-16(15)18;2*1-2/h11,14-17,21H,3-10H2,1-2H3;1-2H3;2H,1H3. The van der Waals surface area contributed by atoms with E-state index in [-0.39, 0.29) is 11.5 Å². The molecule has 4 aliphatic carbocycles. The van der Waals surface area contributed by atoms with Crippen molar-refractivity contribution in [3.05, 3.63) is 11.6 Å². The molecule has 6 atom stereocenters. The number of allylic oxidation sites excluding steroid dienone is 1. The highest BCUT2D eigenvalue weighted by Crippen LogP contribution is 2.68. The van der Waals surface area contributed by atoms with Crippen LogP contribution in [0, 0.1) is 28.6 Å². The molecule has 0 saturated heterocycles. The van der Waals surface area contributed by atoms with Crippen LogP contribution in [0.4, 0.5) is 0 Å². The van der Waals surface area contributed by atoms with Gasteiger partial charge in [0.15, 0.2) is 5.78 Å². The predicted octanol–water partition coefficient (Wildman–Crippen LogP) is 4.51. The van der Waals surface area contributed by atoms with Crippen molar-refractivity contribution in [2.75, 3.05) is 7.11 Å². The van der Waals surface area contributed by atoms with E-state index < -0.39 is 0 Å². The third kappa shape index (κ3) is 3.12. The molecular weight excluding hydrogens is 312 g/mol. The normalized spacial score (nSPS) is 44.8. The van der Waals surface area contributed by atoms with E-state index in [1.807, 2.05) is 19.9 Å². The quantitative estimate of drug-likeness (QED) is 0.675. The van der Waals surface area contributed by atoms with Crippen LogP contribution in [-0.4, -0.2) is 29.2 Å². The Bertz CT molecular complexity index is 511. The molecule has 0 aromatic heterocycles. The van der Waals surface area contributed by atoms with Crippen molar-refractivity contribution in [1.82, 2.24) is 0 Å². The minimum absolute atomic E-state index is 0.103. The molecule has 144 valence electrons. The number of hydrogen-bond acceptors (Lipinski definition) is 3. The minimum atomic E-state index is -0.103. The summed E-state index contributed by atoms with van der Waals surface area (Å²) in [5.41, 5.74) is 1.89. The molecule has 4 aliphatic rings. The van der Waals surface area contributed by atoms with E-state index in [4.69, 9.17) is 5.11 Å². The molecule has 25 heavy (non-hydrogen) atoms. The van der Waals surface area contributed by atoms with Gasteiger partial charge in [-0.05, 0) is 79.6 Å². The summed E-state index contributed by atoms with van der Waals surface area (Å²) in [5, 5.41) is 17.6. The number of aliphatic hydroxyl groups is 2. The van der Waals surface area contributed by atoms with E-state index in [1.165, 1.54) is 31.3 Å². The molecule has 0 radical (unpaired) electrons. The maximum Gasteiger partial charge on any atom is 0.155 e. The first-order chi connectivity index (χ1) is 12.0. The molecule has 2 N–H and O–H groups in total. The largest absolute Gasteiger partial charge is 0.400 e. The topological polar surface area (TPSA) is 57.5 Å². The molecule has 6 unspecified atom stereocenters. The SMILES string of the molecule is CC.CC12CCC3C4CCC(=O)C=C4CCC3C1(C)CCC2O.CO. The molecule has 0 aromatic rings. The first kappa shape index (κ1) is 20.6. The number of carbonyl (C=O) groups excluding carboxylic acids is 1. The van der Waals surface area contributed by atoms with Gasteiger partial charge in [0.2, 0.25) is 0 Å². The molecule has 0 aromatic carbocycles. The van der Waals surface area contributed by atoms with Crippen molar-refractivity contribution in [1.29, 1.82) is 0 Å². The highest BCUT2D eigenvalue weighted by atomic mass is 16.3. The first-order valence-corrected chi connectivity index (χ1v) is 10.3. The summed E-state index contributed by atoms with van der Waals surface area (Å²) in [6.45, 7) is 8.80. The van der Waals surface area contributed by atoms with Gasteiger partial charge in [-0.1, -0.05) is 33.3 Å². The van der Waals surface area contributed by atoms with Crippen molar-refractivity contribution in [3.8, 4) is 0 Å². The Labute approximate surface area is 153 Å². The fourth-order valence-electron chi connectivity index (χ4n) is 6.57. The molecule has 3 nitrogen and oxygen atoms in total. The van der Waals surface area contributed by atoms with Gasteiger partial charge in [0.1, 0.15) is 0 Å². The van der Waals surface area contributed by atoms with Gasteiger partial charge in [-0.2, -0.15) is 0 Å². The smallest absolute Gasteiger partial charge is 0.155 e. The lowest BCUT2D eigenvalue weighted by molar-refractivity contribution is -0.120. The Hall–Kier alpha value is -0.670. The number of hydrogen-bond donors (Lipinski definition) is 2. The second kappa shape index (κ2) is 7.92. The average molecular weight is 351 g/mol. The molecule has 3 saturated carbocycles. The van der Waals surface area contributed by atoms with Crippen LogP contribution in [0.2, 0.25) is 0 Å².